The number of carbonyl (C=O) groups is 1. The van der Waals surface area contributed by atoms with Gasteiger partial charge in [-0.05, 0) is 24.5 Å². The molecular formula is C14H20Cl2N4OS. The van der Waals surface area contributed by atoms with E-state index in [9.17, 15) is 4.79 Å². The van der Waals surface area contributed by atoms with Crippen LogP contribution in [0.1, 0.15) is 20.3 Å². The number of hydrogen-bond donors (Lipinski definition) is 2. The number of halogens is 2. The number of nitrogens with zero attached hydrogens (tertiary/aromatic N) is 2. The summed E-state index contributed by atoms with van der Waals surface area (Å²) in [6, 6.07) is 5.13. The lowest BCUT2D eigenvalue weighted by atomic mass is 10.0. The van der Waals surface area contributed by atoms with Gasteiger partial charge in [-0.25, -0.2) is 4.98 Å². The van der Waals surface area contributed by atoms with Gasteiger partial charge in [-0.2, -0.15) is 0 Å². The number of thiazole rings is 1. The zero-order chi connectivity index (χ0) is 14.5. The molecule has 2 aromatic heterocycles. The van der Waals surface area contributed by atoms with E-state index in [2.05, 4.69) is 15.3 Å². The molecule has 0 aliphatic carbocycles. The molecule has 22 heavy (non-hydrogen) atoms. The summed E-state index contributed by atoms with van der Waals surface area (Å²) in [7, 11) is 0. The maximum atomic E-state index is 11.9. The molecule has 1 amide bonds. The highest BCUT2D eigenvalue weighted by Crippen LogP contribution is 2.23. The molecule has 0 bridgehead atoms. The van der Waals surface area contributed by atoms with Crippen LogP contribution in [-0.2, 0) is 4.79 Å². The maximum absolute atomic E-state index is 11.9. The molecule has 122 valence electrons. The molecule has 0 aliphatic heterocycles. The predicted molar refractivity (Wildman–Crippen MR) is 95.9 cm³/mol. The van der Waals surface area contributed by atoms with E-state index in [-0.39, 0.29) is 30.7 Å². The molecule has 2 rings (SSSR count). The number of anilines is 1. The first-order valence-electron chi connectivity index (χ1n) is 6.49. The van der Waals surface area contributed by atoms with Crippen LogP contribution in [0.25, 0.3) is 11.4 Å². The summed E-state index contributed by atoms with van der Waals surface area (Å²) in [4.78, 5) is 20.5. The molecule has 0 saturated carbocycles. The Hall–Kier alpha value is -1.21. The summed E-state index contributed by atoms with van der Waals surface area (Å²) < 4.78 is 0. The van der Waals surface area contributed by atoms with Crippen LogP contribution in [0.2, 0.25) is 0 Å². The van der Waals surface area contributed by atoms with Crippen molar-refractivity contribution in [2.24, 2.45) is 11.7 Å². The van der Waals surface area contributed by atoms with Gasteiger partial charge in [0.05, 0.1) is 11.7 Å². The van der Waals surface area contributed by atoms with Crippen molar-refractivity contribution in [2.75, 3.05) is 5.32 Å². The van der Waals surface area contributed by atoms with Crippen molar-refractivity contribution in [3.8, 4) is 11.4 Å². The average molecular weight is 363 g/mol. The number of nitrogens with one attached hydrogen (secondary N) is 1. The van der Waals surface area contributed by atoms with E-state index >= 15 is 0 Å². The van der Waals surface area contributed by atoms with Crippen molar-refractivity contribution in [3.05, 3.63) is 29.8 Å². The van der Waals surface area contributed by atoms with Crippen molar-refractivity contribution >= 4 is 47.2 Å². The minimum Gasteiger partial charge on any atom is -0.320 e. The number of rotatable bonds is 5. The summed E-state index contributed by atoms with van der Waals surface area (Å²) in [6.07, 6.45) is 2.37. The topological polar surface area (TPSA) is 80.9 Å². The molecule has 0 radical (unpaired) electrons. The highest BCUT2D eigenvalue weighted by molar-refractivity contribution is 7.14. The molecule has 0 aromatic carbocycles. The summed E-state index contributed by atoms with van der Waals surface area (Å²) in [5, 5.41) is 5.17. The van der Waals surface area contributed by atoms with Gasteiger partial charge in [0, 0.05) is 11.6 Å². The second-order valence-corrected chi connectivity index (χ2v) is 5.84. The van der Waals surface area contributed by atoms with Crippen molar-refractivity contribution in [3.63, 3.8) is 0 Å². The second kappa shape index (κ2) is 9.74. The average Bonchev–Trinajstić information content (AvgIpc) is 2.87. The molecule has 0 aliphatic rings. The van der Waals surface area contributed by atoms with E-state index in [0.29, 0.717) is 17.5 Å². The molecule has 5 nitrogen and oxygen atoms in total. The molecule has 0 unspecified atom stereocenters. The fourth-order valence-corrected chi connectivity index (χ4v) is 2.48. The van der Waals surface area contributed by atoms with Gasteiger partial charge in [-0.3, -0.25) is 9.78 Å². The molecule has 3 N–H and O–H groups in total. The van der Waals surface area contributed by atoms with Crippen molar-refractivity contribution in [2.45, 2.75) is 26.3 Å². The molecular weight excluding hydrogens is 343 g/mol. The van der Waals surface area contributed by atoms with Gasteiger partial charge in [-0.15, -0.1) is 36.2 Å². The fraction of sp³-hybridized carbons (Fsp3) is 0.357. The number of amides is 1. The van der Waals surface area contributed by atoms with Crippen molar-refractivity contribution in [1.29, 1.82) is 0 Å². The molecule has 2 heterocycles. The summed E-state index contributed by atoms with van der Waals surface area (Å²) in [5.74, 6) is 0.191. The van der Waals surface area contributed by atoms with E-state index in [1.165, 1.54) is 11.3 Å². The van der Waals surface area contributed by atoms with Gasteiger partial charge in [0.15, 0.2) is 5.13 Å². The predicted octanol–water partition coefficient (Wildman–Crippen LogP) is 3.36. The van der Waals surface area contributed by atoms with Gasteiger partial charge in [0.2, 0.25) is 5.91 Å². The summed E-state index contributed by atoms with van der Waals surface area (Å²) in [6.45, 7) is 4.07. The normalized spacial score (nSPS) is 11.3. The zero-order valence-corrected chi connectivity index (χ0v) is 14.8. The van der Waals surface area contributed by atoms with Gasteiger partial charge < -0.3 is 11.1 Å². The highest BCUT2D eigenvalue weighted by Gasteiger charge is 2.16. The third kappa shape index (κ3) is 5.88. The third-order valence-electron chi connectivity index (χ3n) is 2.72. The molecule has 0 fully saturated rings. The highest BCUT2D eigenvalue weighted by atomic mass is 35.5. The zero-order valence-electron chi connectivity index (χ0n) is 12.4. The molecule has 0 spiro atoms. The number of aromatic nitrogens is 2. The Labute approximate surface area is 146 Å². The van der Waals surface area contributed by atoms with Gasteiger partial charge in [-0.1, -0.05) is 19.9 Å². The van der Waals surface area contributed by atoms with Gasteiger partial charge >= 0.3 is 0 Å². The minimum absolute atomic E-state index is 0. The smallest absolute Gasteiger partial charge is 0.243 e. The van der Waals surface area contributed by atoms with Crippen molar-refractivity contribution in [1.82, 2.24) is 9.97 Å². The molecule has 8 heteroatoms. The lowest BCUT2D eigenvalue weighted by molar-refractivity contribution is -0.117. The van der Waals surface area contributed by atoms with Crippen LogP contribution in [0.5, 0.6) is 0 Å². The van der Waals surface area contributed by atoms with Crippen LogP contribution in [0.4, 0.5) is 5.13 Å². The molecule has 0 saturated heterocycles. The Bertz CT molecular complexity index is 577. The summed E-state index contributed by atoms with van der Waals surface area (Å²) in [5.41, 5.74) is 7.38. The molecule has 2 aromatic rings. The van der Waals surface area contributed by atoms with Crippen LogP contribution in [0, 0.1) is 5.92 Å². The second-order valence-electron chi connectivity index (χ2n) is 4.98. The van der Waals surface area contributed by atoms with E-state index in [4.69, 9.17) is 5.73 Å². The maximum Gasteiger partial charge on any atom is 0.243 e. The number of nitrogens with two attached hydrogens (primary N) is 1. The van der Waals surface area contributed by atoms with E-state index in [1.54, 1.807) is 6.20 Å². The Kier molecular flexibility index (Phi) is 9.20. The van der Waals surface area contributed by atoms with E-state index < -0.39 is 6.04 Å². The minimum atomic E-state index is -0.503. The lowest BCUT2D eigenvalue weighted by Crippen LogP contribution is -2.36. The number of pyridine rings is 1. The van der Waals surface area contributed by atoms with E-state index in [0.717, 1.165) is 11.4 Å². The number of carbonyl (C=O) groups excluding carboxylic acids is 1. The van der Waals surface area contributed by atoms with Crippen LogP contribution in [0.15, 0.2) is 29.8 Å². The number of hydrogen-bond acceptors (Lipinski definition) is 5. The third-order valence-corrected chi connectivity index (χ3v) is 3.48. The van der Waals surface area contributed by atoms with Crippen LogP contribution < -0.4 is 11.1 Å². The van der Waals surface area contributed by atoms with Crippen LogP contribution >= 0.6 is 36.2 Å². The van der Waals surface area contributed by atoms with Crippen LogP contribution in [0.3, 0.4) is 0 Å². The standard InChI is InChI=1S/C14H18N4OS.2ClH/c1-9(2)7-10(15)13(19)18-14-17-12(8-20-14)11-5-3-4-6-16-11;;/h3-6,8-10H,7,15H2,1-2H3,(H,17,18,19);2*1H/t10-;;/m0../s1. The fourth-order valence-electron chi connectivity index (χ4n) is 1.78. The molecule has 1 atom stereocenters. The van der Waals surface area contributed by atoms with Crippen molar-refractivity contribution < 1.29 is 4.79 Å². The van der Waals surface area contributed by atoms with Gasteiger partial charge in [0.1, 0.15) is 5.69 Å². The van der Waals surface area contributed by atoms with Gasteiger partial charge in [0.25, 0.3) is 0 Å². The SMILES string of the molecule is CC(C)C[C@H](N)C(=O)Nc1nc(-c2ccccn2)cs1.Cl.Cl. The Balaban J connectivity index is 0.00000220. The van der Waals surface area contributed by atoms with E-state index in [1.807, 2.05) is 37.4 Å². The monoisotopic (exact) mass is 362 g/mol. The summed E-state index contributed by atoms with van der Waals surface area (Å²) >= 11 is 1.37. The Morgan fingerprint density at radius 2 is 2.05 bits per heavy atom. The Morgan fingerprint density at radius 1 is 1.32 bits per heavy atom. The van der Waals surface area contributed by atoms with Crippen LogP contribution in [-0.4, -0.2) is 21.9 Å². The Morgan fingerprint density at radius 3 is 2.64 bits per heavy atom. The first kappa shape index (κ1) is 20.8. The first-order chi connectivity index (χ1) is 9.56. The quantitative estimate of drug-likeness (QED) is 0.854. The first-order valence-corrected chi connectivity index (χ1v) is 7.37. The lowest BCUT2D eigenvalue weighted by Gasteiger charge is -2.12. The largest absolute Gasteiger partial charge is 0.320 e.